The zero-order chi connectivity index (χ0) is 45.2. The number of amides is 1. The first-order valence-corrected chi connectivity index (χ1v) is 22.8. The van der Waals surface area contributed by atoms with E-state index in [1.54, 1.807) is 30.0 Å². The molecule has 6 atom stereocenters. The quantitative estimate of drug-likeness (QED) is 0.0285. The largest absolute Gasteiger partial charge is 0.459 e. The molecule has 1 saturated carbocycles. The average molecular weight is 896 g/mol. The summed E-state index contributed by atoms with van der Waals surface area (Å²) in [7, 11) is 1.47. The summed E-state index contributed by atoms with van der Waals surface area (Å²) in [5.41, 5.74) is 2.71. The molecule has 2 N–H and O–H groups in total. The van der Waals surface area contributed by atoms with Crippen LogP contribution in [0.2, 0.25) is 0 Å². The summed E-state index contributed by atoms with van der Waals surface area (Å²) in [4.78, 5) is 33.9. The van der Waals surface area contributed by atoms with E-state index in [9.17, 15) is 29.5 Å². The van der Waals surface area contributed by atoms with Crippen molar-refractivity contribution in [2.75, 3.05) is 33.2 Å². The van der Waals surface area contributed by atoms with Crippen LogP contribution in [-0.4, -0.2) is 76.9 Å². The first-order valence-electron chi connectivity index (χ1n) is 21.5. The Bertz CT molecular complexity index is 2310. The predicted molar refractivity (Wildman–Crippen MR) is 241 cm³/mol. The van der Waals surface area contributed by atoms with Crippen LogP contribution >= 0.6 is 11.8 Å². The molecule has 0 radical (unpaired) electrons. The fourth-order valence-electron chi connectivity index (χ4n) is 9.49. The minimum atomic E-state index is -1.61. The van der Waals surface area contributed by atoms with Crippen LogP contribution in [0.1, 0.15) is 62.0 Å². The fourth-order valence-corrected chi connectivity index (χ4v) is 9.89. The molecule has 3 aliphatic rings. The molecule has 4 aromatic rings. The van der Waals surface area contributed by atoms with Gasteiger partial charge in [-0.1, -0.05) is 42.3 Å². The highest BCUT2D eigenvalue weighted by Crippen LogP contribution is 2.62. The van der Waals surface area contributed by atoms with Crippen molar-refractivity contribution in [3.63, 3.8) is 0 Å². The monoisotopic (exact) mass is 895 g/mol. The number of carbonyl (C=O) groups excluding carboxylic acids is 1. The number of unbranched alkanes of at least 4 members (excludes halogenated alkanes) is 2. The van der Waals surface area contributed by atoms with Crippen LogP contribution in [0.4, 0.5) is 14.9 Å². The molecule has 13 nitrogen and oxygen atoms in total. The minimum Gasteiger partial charge on any atom is -0.459 e. The van der Waals surface area contributed by atoms with E-state index in [1.807, 2.05) is 48.7 Å². The smallest absolute Gasteiger partial charge is 0.416 e. The van der Waals surface area contributed by atoms with E-state index in [4.69, 9.17) is 23.8 Å². The Labute approximate surface area is 376 Å². The molecule has 1 aliphatic heterocycles. The van der Waals surface area contributed by atoms with Gasteiger partial charge in [0.25, 0.3) is 5.69 Å². The zero-order valence-corrected chi connectivity index (χ0v) is 36.8. The Morgan fingerprint density at radius 2 is 1.67 bits per heavy atom. The standard InChI is InChI=1S/C49H54FN3O10S/c1-4-27-60-49-45(52(31-32-11-13-34(50)14-12-32)48(56)62-37-17-15-35(16-18-37)53(57)58)30-43(51-59-2)41-28-33(9-5-7-25-54)40(10-6-8-26-55)46(47(41)49)42-29-38(21-24-44(42)63-49)61-36-19-22-39(64-3)23-20-36/h4,11-24,28-29,33,40,45-47,54-55H,1,5-10,25-27,30-31H2,2-3H3. The number of nitrogens with zero attached hydrogens (tertiary/aromatic N) is 3. The molecule has 6 unspecified atom stereocenters. The lowest BCUT2D eigenvalue weighted by atomic mass is 9.55. The Hall–Kier alpha value is -5.74. The molecular weight excluding hydrogens is 842 g/mol. The number of ether oxygens (including phenoxy) is 4. The topological polar surface area (TPSA) is 162 Å². The summed E-state index contributed by atoms with van der Waals surface area (Å²) in [5, 5.41) is 35.9. The van der Waals surface area contributed by atoms with Gasteiger partial charge in [-0.2, -0.15) is 0 Å². The van der Waals surface area contributed by atoms with Gasteiger partial charge in [0.1, 0.15) is 42.0 Å². The van der Waals surface area contributed by atoms with Crippen molar-refractivity contribution in [2.45, 2.75) is 74.1 Å². The molecule has 338 valence electrons. The lowest BCUT2D eigenvalue weighted by Crippen LogP contribution is -2.70. The van der Waals surface area contributed by atoms with Crippen molar-refractivity contribution >= 4 is 29.3 Å². The van der Waals surface area contributed by atoms with Gasteiger partial charge in [-0.15, -0.1) is 18.3 Å². The Balaban J connectivity index is 1.43. The van der Waals surface area contributed by atoms with Crippen molar-refractivity contribution in [3.8, 4) is 23.0 Å². The molecule has 64 heavy (non-hydrogen) atoms. The second-order valence-electron chi connectivity index (χ2n) is 16.1. The van der Waals surface area contributed by atoms with Crippen LogP contribution in [0.5, 0.6) is 23.0 Å². The molecule has 15 heteroatoms. The molecule has 7 rings (SSSR count). The lowest BCUT2D eigenvalue weighted by molar-refractivity contribution is -0.384. The van der Waals surface area contributed by atoms with E-state index in [0.29, 0.717) is 41.4 Å². The number of non-ortho nitro benzene ring substituents is 1. The summed E-state index contributed by atoms with van der Waals surface area (Å²) in [6.45, 7) is 4.05. The molecule has 1 heterocycles. The number of aliphatic hydroxyl groups excluding tert-OH is 2. The molecule has 4 aromatic carbocycles. The normalized spacial score (nSPS) is 22.6. The number of halogens is 1. The van der Waals surface area contributed by atoms with Crippen molar-refractivity contribution < 1.29 is 48.1 Å². The molecular formula is C49H54FN3O10S. The van der Waals surface area contributed by atoms with E-state index in [-0.39, 0.29) is 62.0 Å². The number of nitro benzene ring substituents is 1. The number of rotatable bonds is 20. The third-order valence-corrected chi connectivity index (χ3v) is 13.0. The van der Waals surface area contributed by atoms with Crippen molar-refractivity contribution in [3.05, 3.63) is 142 Å². The summed E-state index contributed by atoms with van der Waals surface area (Å²) in [5.74, 6) is -1.16. The number of allylic oxidation sites excluding steroid dienone is 1. The molecule has 1 fully saturated rings. The van der Waals surface area contributed by atoms with Gasteiger partial charge in [0.2, 0.25) is 5.79 Å². The van der Waals surface area contributed by atoms with Gasteiger partial charge >= 0.3 is 6.09 Å². The second kappa shape index (κ2) is 21.3. The minimum absolute atomic E-state index is 0.00855. The third kappa shape index (κ3) is 10.1. The maximum absolute atomic E-state index is 14.9. The molecule has 2 aliphatic carbocycles. The number of hydrogen-bond acceptors (Lipinski definition) is 12. The number of fused-ring (bicyclic) bond motifs is 2. The average Bonchev–Trinajstić information content (AvgIpc) is 3.30. The van der Waals surface area contributed by atoms with Gasteiger partial charge in [0.05, 0.1) is 23.2 Å². The van der Waals surface area contributed by atoms with Gasteiger partial charge in [-0.3, -0.25) is 15.0 Å². The predicted octanol–water partition coefficient (Wildman–Crippen LogP) is 10.2. The van der Waals surface area contributed by atoms with Crippen LogP contribution in [-0.2, 0) is 16.1 Å². The second-order valence-corrected chi connectivity index (χ2v) is 17.0. The first-order chi connectivity index (χ1) is 31.1. The summed E-state index contributed by atoms with van der Waals surface area (Å²) in [6.07, 6.45) is 9.39. The molecule has 0 aromatic heterocycles. The number of thioether (sulfide) groups is 1. The van der Waals surface area contributed by atoms with E-state index in [0.717, 1.165) is 41.7 Å². The third-order valence-electron chi connectivity index (χ3n) is 12.3. The molecule has 1 amide bonds. The number of oxime groups is 1. The van der Waals surface area contributed by atoms with E-state index >= 15 is 0 Å². The number of carbonyl (C=O) groups is 1. The summed E-state index contributed by atoms with van der Waals surface area (Å²) >= 11 is 1.64. The SMILES string of the molecule is C=CCOC12Oc3ccc(Oc4ccc(SC)cc4)cc3C3C(CCCCO)C(CCCCO)C=C(C(=NOC)CC1N(Cc1ccc(F)cc1)C(=O)Oc1ccc([N+](=O)[O-])cc1)C32. The highest BCUT2D eigenvalue weighted by molar-refractivity contribution is 7.98. The summed E-state index contributed by atoms with van der Waals surface area (Å²) in [6, 6.07) is 23.6. The van der Waals surface area contributed by atoms with Crippen LogP contribution in [0, 0.1) is 33.7 Å². The maximum Gasteiger partial charge on any atom is 0.416 e. The molecule has 0 spiro atoms. The van der Waals surface area contributed by atoms with E-state index in [2.05, 4.69) is 17.8 Å². The van der Waals surface area contributed by atoms with Gasteiger partial charge in [0.15, 0.2) is 0 Å². The van der Waals surface area contributed by atoms with Crippen molar-refractivity contribution in [1.29, 1.82) is 0 Å². The van der Waals surface area contributed by atoms with Crippen molar-refractivity contribution in [1.82, 2.24) is 4.90 Å². The van der Waals surface area contributed by atoms with Gasteiger partial charge in [-0.05, 0) is 122 Å². The number of nitro groups is 1. The highest BCUT2D eigenvalue weighted by Gasteiger charge is 2.65. The van der Waals surface area contributed by atoms with E-state index in [1.165, 1.54) is 48.4 Å². The Kier molecular flexibility index (Phi) is 15.4. The maximum atomic E-state index is 14.9. The number of benzene rings is 4. The van der Waals surface area contributed by atoms with Gasteiger partial charge in [-0.25, -0.2) is 9.18 Å². The number of hydrogen-bond donors (Lipinski definition) is 2. The van der Waals surface area contributed by atoms with Gasteiger partial charge < -0.3 is 34.0 Å². The zero-order valence-electron chi connectivity index (χ0n) is 36.0. The number of aliphatic hydroxyl groups is 2. The first kappa shape index (κ1) is 46.3. The van der Waals surface area contributed by atoms with E-state index < -0.39 is 34.6 Å². The fraction of sp³-hybridized carbons (Fsp3) is 0.388. The van der Waals surface area contributed by atoms with Crippen LogP contribution in [0.15, 0.2) is 125 Å². The Morgan fingerprint density at radius 1 is 0.984 bits per heavy atom. The molecule has 0 saturated heterocycles. The van der Waals surface area contributed by atoms with Crippen LogP contribution in [0.3, 0.4) is 0 Å². The lowest BCUT2D eigenvalue weighted by Gasteiger charge is -2.59. The molecule has 0 bridgehead atoms. The summed E-state index contributed by atoms with van der Waals surface area (Å²) < 4.78 is 41.1. The highest BCUT2D eigenvalue weighted by atomic mass is 32.2. The Morgan fingerprint density at radius 3 is 2.33 bits per heavy atom. The van der Waals surface area contributed by atoms with Crippen LogP contribution < -0.4 is 14.2 Å². The van der Waals surface area contributed by atoms with Crippen molar-refractivity contribution in [2.24, 2.45) is 22.9 Å². The van der Waals surface area contributed by atoms with Crippen LogP contribution in [0.25, 0.3) is 0 Å². The van der Waals surface area contributed by atoms with Gasteiger partial charge in [0, 0.05) is 54.7 Å².